The zero-order valence-corrected chi connectivity index (χ0v) is 15.4. The van der Waals surface area contributed by atoms with E-state index in [0.717, 1.165) is 6.07 Å². The van der Waals surface area contributed by atoms with Gasteiger partial charge in [-0.15, -0.1) is 0 Å². The summed E-state index contributed by atoms with van der Waals surface area (Å²) in [6.07, 6.45) is 1.27. The second-order valence-corrected chi connectivity index (χ2v) is 7.60. The fraction of sp³-hybridized carbons (Fsp3) is 0. The van der Waals surface area contributed by atoms with Gasteiger partial charge in [0.1, 0.15) is 11.5 Å². The fourth-order valence-corrected chi connectivity index (χ4v) is 3.60. The monoisotopic (exact) mass is 395 g/mol. The Morgan fingerprint density at radius 1 is 0.857 bits per heavy atom. The molecule has 7 heteroatoms. The van der Waals surface area contributed by atoms with Crippen LogP contribution in [0.3, 0.4) is 0 Å². The zero-order chi connectivity index (χ0) is 20.1. The van der Waals surface area contributed by atoms with Gasteiger partial charge in [-0.2, -0.15) is 0 Å². The van der Waals surface area contributed by atoms with Crippen molar-refractivity contribution in [2.75, 3.05) is 0 Å². The summed E-state index contributed by atoms with van der Waals surface area (Å²) in [4.78, 5) is 12.7. The summed E-state index contributed by atoms with van der Waals surface area (Å²) in [6.45, 7) is 0. The van der Waals surface area contributed by atoms with E-state index >= 15 is 0 Å². The summed E-state index contributed by atoms with van der Waals surface area (Å²) < 4.78 is 27.7. The van der Waals surface area contributed by atoms with Crippen molar-refractivity contribution in [3.05, 3.63) is 95.7 Å². The standard InChI is InChI=1S/C21H17NO5S/c23-17-10-6-11-18(14-17)28(26,27)22-19(13-16-9-4-5-12-20(16)24)21(25)15-7-2-1-3-8-15/h1-14,22-24H. The molecule has 0 bridgehead atoms. The molecule has 0 fully saturated rings. The number of benzene rings is 3. The highest BCUT2D eigenvalue weighted by Crippen LogP contribution is 2.22. The predicted molar refractivity (Wildman–Crippen MR) is 105 cm³/mol. The second-order valence-electron chi connectivity index (χ2n) is 5.91. The molecule has 0 unspecified atom stereocenters. The van der Waals surface area contributed by atoms with E-state index in [0.29, 0.717) is 0 Å². The van der Waals surface area contributed by atoms with Gasteiger partial charge >= 0.3 is 0 Å². The molecule has 3 N–H and O–H groups in total. The van der Waals surface area contributed by atoms with Crippen molar-refractivity contribution in [3.8, 4) is 11.5 Å². The van der Waals surface area contributed by atoms with Crippen LogP contribution in [0.5, 0.6) is 11.5 Å². The van der Waals surface area contributed by atoms with Crippen LogP contribution in [0.25, 0.3) is 6.08 Å². The van der Waals surface area contributed by atoms with Gasteiger partial charge in [-0.05, 0) is 24.3 Å². The average Bonchev–Trinajstić information content (AvgIpc) is 2.69. The van der Waals surface area contributed by atoms with Crippen molar-refractivity contribution in [1.29, 1.82) is 0 Å². The molecule has 0 heterocycles. The fourth-order valence-electron chi connectivity index (χ4n) is 2.51. The van der Waals surface area contributed by atoms with Crippen molar-refractivity contribution < 1.29 is 23.4 Å². The maximum atomic E-state index is 12.9. The van der Waals surface area contributed by atoms with Crippen LogP contribution >= 0.6 is 0 Å². The molecule has 0 spiro atoms. The van der Waals surface area contributed by atoms with Gasteiger partial charge < -0.3 is 10.2 Å². The molecule has 3 aromatic carbocycles. The van der Waals surface area contributed by atoms with Crippen LogP contribution < -0.4 is 4.72 Å². The molecule has 28 heavy (non-hydrogen) atoms. The lowest BCUT2D eigenvalue weighted by Gasteiger charge is -2.12. The maximum absolute atomic E-state index is 12.9. The number of rotatable bonds is 6. The van der Waals surface area contributed by atoms with E-state index in [-0.39, 0.29) is 33.2 Å². The second kappa shape index (κ2) is 7.98. The highest BCUT2D eigenvalue weighted by atomic mass is 32.2. The first-order valence-electron chi connectivity index (χ1n) is 8.28. The van der Waals surface area contributed by atoms with Crippen molar-refractivity contribution in [3.63, 3.8) is 0 Å². The Bertz CT molecular complexity index is 1140. The number of carbonyl (C=O) groups excluding carboxylic acids is 1. The minimum atomic E-state index is -4.15. The van der Waals surface area contributed by atoms with E-state index in [1.165, 1.54) is 30.3 Å². The topological polar surface area (TPSA) is 104 Å². The summed E-state index contributed by atoms with van der Waals surface area (Å²) in [7, 11) is -4.15. The van der Waals surface area contributed by atoms with E-state index in [9.17, 15) is 23.4 Å². The van der Waals surface area contributed by atoms with Crippen LogP contribution in [0, 0.1) is 0 Å². The van der Waals surface area contributed by atoms with Gasteiger partial charge in [0, 0.05) is 17.2 Å². The molecule has 0 radical (unpaired) electrons. The molecule has 0 aliphatic carbocycles. The van der Waals surface area contributed by atoms with E-state index < -0.39 is 15.8 Å². The van der Waals surface area contributed by atoms with Gasteiger partial charge in [0.25, 0.3) is 10.0 Å². The number of hydrogen-bond donors (Lipinski definition) is 3. The molecule has 0 aliphatic heterocycles. The molecule has 6 nitrogen and oxygen atoms in total. The quantitative estimate of drug-likeness (QED) is 0.439. The third-order valence-electron chi connectivity index (χ3n) is 3.89. The number of sulfonamides is 1. The van der Waals surface area contributed by atoms with Crippen LogP contribution in [0.15, 0.2) is 89.5 Å². The number of aromatic hydroxyl groups is 2. The zero-order valence-electron chi connectivity index (χ0n) is 14.6. The smallest absolute Gasteiger partial charge is 0.262 e. The maximum Gasteiger partial charge on any atom is 0.262 e. The Labute approximate surface area is 162 Å². The van der Waals surface area contributed by atoms with E-state index in [4.69, 9.17) is 0 Å². The van der Waals surface area contributed by atoms with Crippen LogP contribution in [-0.2, 0) is 10.0 Å². The van der Waals surface area contributed by atoms with Crippen LogP contribution in [0.2, 0.25) is 0 Å². The molecular weight excluding hydrogens is 378 g/mol. The molecule has 0 atom stereocenters. The summed E-state index contributed by atoms with van der Waals surface area (Å²) in [6, 6.07) is 19.5. The van der Waals surface area contributed by atoms with Gasteiger partial charge in [-0.1, -0.05) is 54.6 Å². The lowest BCUT2D eigenvalue weighted by Crippen LogP contribution is -2.27. The first kappa shape index (κ1) is 19.2. The number of allylic oxidation sites excluding steroid dienone is 1. The minimum Gasteiger partial charge on any atom is -0.508 e. The third kappa shape index (κ3) is 4.39. The third-order valence-corrected chi connectivity index (χ3v) is 5.25. The van der Waals surface area contributed by atoms with Crippen LogP contribution in [0.4, 0.5) is 0 Å². The molecule has 142 valence electrons. The Morgan fingerprint density at radius 2 is 1.54 bits per heavy atom. The van der Waals surface area contributed by atoms with Gasteiger partial charge in [0.05, 0.1) is 10.6 Å². The first-order chi connectivity index (χ1) is 13.4. The molecule has 0 aromatic heterocycles. The summed E-state index contributed by atoms with van der Waals surface area (Å²) in [5.41, 5.74) is 0.319. The lowest BCUT2D eigenvalue weighted by atomic mass is 10.1. The largest absolute Gasteiger partial charge is 0.508 e. The van der Waals surface area contributed by atoms with E-state index in [1.807, 2.05) is 0 Å². The Kier molecular flexibility index (Phi) is 5.47. The van der Waals surface area contributed by atoms with Gasteiger partial charge in [0.2, 0.25) is 5.78 Å². The number of phenolic OH excluding ortho intramolecular Hbond substituents is 2. The van der Waals surface area contributed by atoms with E-state index in [1.54, 1.807) is 48.5 Å². The minimum absolute atomic E-state index is 0.0996. The van der Waals surface area contributed by atoms with Crippen LogP contribution in [-0.4, -0.2) is 24.4 Å². The van der Waals surface area contributed by atoms with Crippen molar-refractivity contribution in [2.45, 2.75) is 4.90 Å². The number of para-hydroxylation sites is 1. The van der Waals surface area contributed by atoms with Crippen LogP contribution in [0.1, 0.15) is 15.9 Å². The molecule has 0 saturated carbocycles. The van der Waals surface area contributed by atoms with Gasteiger partial charge in [-0.3, -0.25) is 9.52 Å². The van der Waals surface area contributed by atoms with Crippen molar-refractivity contribution >= 4 is 21.9 Å². The summed E-state index contributed by atoms with van der Waals surface area (Å²) in [5.74, 6) is -0.881. The Hall–Kier alpha value is -3.58. The molecule has 0 saturated heterocycles. The first-order valence-corrected chi connectivity index (χ1v) is 9.76. The number of ketones is 1. The summed E-state index contributed by atoms with van der Waals surface area (Å²) >= 11 is 0. The number of phenols is 2. The predicted octanol–water partition coefficient (Wildman–Crippen LogP) is 3.30. The Morgan fingerprint density at radius 3 is 2.21 bits per heavy atom. The molecule has 0 aliphatic rings. The average molecular weight is 395 g/mol. The number of hydrogen-bond acceptors (Lipinski definition) is 5. The molecule has 3 rings (SSSR count). The SMILES string of the molecule is O=C(C(=Cc1ccccc1O)NS(=O)(=O)c1cccc(O)c1)c1ccccc1. The highest BCUT2D eigenvalue weighted by molar-refractivity contribution is 7.89. The number of Topliss-reactive ketones (excluding diaryl/α,β-unsaturated/α-hetero) is 1. The molecule has 0 amide bonds. The van der Waals surface area contributed by atoms with Crippen molar-refractivity contribution in [2.24, 2.45) is 0 Å². The number of carbonyl (C=O) groups is 1. The van der Waals surface area contributed by atoms with Gasteiger partial charge in [0.15, 0.2) is 0 Å². The molecular formula is C21H17NO5S. The highest BCUT2D eigenvalue weighted by Gasteiger charge is 2.21. The molecule has 3 aromatic rings. The normalized spacial score (nSPS) is 11.8. The Balaban J connectivity index is 2.06. The van der Waals surface area contributed by atoms with Gasteiger partial charge in [-0.25, -0.2) is 8.42 Å². The van der Waals surface area contributed by atoms with Crippen molar-refractivity contribution in [1.82, 2.24) is 4.72 Å². The van der Waals surface area contributed by atoms with E-state index in [2.05, 4.69) is 4.72 Å². The number of nitrogens with one attached hydrogen (secondary N) is 1. The lowest BCUT2D eigenvalue weighted by molar-refractivity contribution is 0.103. The summed E-state index contributed by atoms with van der Waals surface area (Å²) in [5, 5.41) is 19.6.